The van der Waals surface area contributed by atoms with E-state index in [1.807, 2.05) is 37.3 Å². The minimum atomic E-state index is -1.01. The van der Waals surface area contributed by atoms with Gasteiger partial charge in [0.05, 0.1) is 18.0 Å². The summed E-state index contributed by atoms with van der Waals surface area (Å²) in [6.07, 6.45) is 0. The highest BCUT2D eigenvalue weighted by atomic mass is 32.1. The topological polar surface area (TPSA) is 66.8 Å². The normalized spacial score (nSPS) is 21.2. The standard InChI is InChI=1S/C17H17NO4S/c1-17(12-5-3-2-4-6-12)11-18(9-10-22-17)15(19)13-7-8-14(23-13)16(20)21/h2-8H,9-11H2,1H3,(H,20,21)/t17-/m1/s1. The van der Waals surface area contributed by atoms with E-state index in [9.17, 15) is 9.59 Å². The lowest BCUT2D eigenvalue weighted by molar-refractivity contribution is -0.0929. The SMILES string of the molecule is C[C@]1(c2ccccc2)CN(C(=O)c2ccc(C(=O)O)s2)CCO1. The zero-order chi connectivity index (χ0) is 16.4. The van der Waals surface area contributed by atoms with Gasteiger partial charge in [0.25, 0.3) is 5.91 Å². The molecule has 0 bridgehead atoms. The molecule has 1 aliphatic heterocycles. The van der Waals surface area contributed by atoms with Gasteiger partial charge in [0.15, 0.2) is 0 Å². The van der Waals surface area contributed by atoms with Crippen molar-refractivity contribution in [2.24, 2.45) is 0 Å². The Labute approximate surface area is 138 Å². The average molecular weight is 331 g/mol. The molecule has 0 saturated carbocycles. The second kappa shape index (κ2) is 6.14. The fourth-order valence-electron chi connectivity index (χ4n) is 2.73. The first-order valence-electron chi connectivity index (χ1n) is 7.31. The minimum Gasteiger partial charge on any atom is -0.477 e. The van der Waals surface area contributed by atoms with Crippen LogP contribution in [-0.2, 0) is 10.3 Å². The number of carboxylic acid groups (broad SMARTS) is 1. The molecular weight excluding hydrogens is 314 g/mol. The number of rotatable bonds is 3. The molecule has 1 saturated heterocycles. The van der Waals surface area contributed by atoms with Crippen LogP contribution in [0, 0.1) is 0 Å². The Morgan fingerprint density at radius 3 is 2.52 bits per heavy atom. The maximum Gasteiger partial charge on any atom is 0.345 e. The van der Waals surface area contributed by atoms with Crippen LogP contribution in [0.25, 0.3) is 0 Å². The number of carboxylic acids is 1. The summed E-state index contributed by atoms with van der Waals surface area (Å²) >= 11 is 1.01. The van der Waals surface area contributed by atoms with Gasteiger partial charge in [-0.2, -0.15) is 0 Å². The van der Waals surface area contributed by atoms with Crippen molar-refractivity contribution >= 4 is 23.2 Å². The number of hydrogen-bond donors (Lipinski definition) is 1. The van der Waals surface area contributed by atoms with Crippen LogP contribution in [-0.4, -0.2) is 41.6 Å². The number of carbonyl (C=O) groups excluding carboxylic acids is 1. The number of hydrogen-bond acceptors (Lipinski definition) is 4. The highest BCUT2D eigenvalue weighted by Crippen LogP contribution is 2.30. The van der Waals surface area contributed by atoms with Gasteiger partial charge < -0.3 is 14.7 Å². The summed E-state index contributed by atoms with van der Waals surface area (Å²) in [6.45, 7) is 3.37. The second-order valence-electron chi connectivity index (χ2n) is 5.64. The summed E-state index contributed by atoms with van der Waals surface area (Å²) < 4.78 is 5.93. The maximum atomic E-state index is 12.6. The van der Waals surface area contributed by atoms with E-state index in [-0.39, 0.29) is 10.8 Å². The summed E-state index contributed by atoms with van der Waals surface area (Å²) in [5.74, 6) is -1.15. The van der Waals surface area contributed by atoms with Crippen molar-refractivity contribution in [3.8, 4) is 0 Å². The molecule has 3 rings (SSSR count). The molecule has 1 aliphatic rings. The summed E-state index contributed by atoms with van der Waals surface area (Å²) in [7, 11) is 0. The van der Waals surface area contributed by atoms with Crippen molar-refractivity contribution in [2.45, 2.75) is 12.5 Å². The van der Waals surface area contributed by atoms with Crippen LogP contribution >= 0.6 is 11.3 Å². The van der Waals surface area contributed by atoms with E-state index in [0.29, 0.717) is 24.6 Å². The van der Waals surface area contributed by atoms with Crippen molar-refractivity contribution in [1.29, 1.82) is 0 Å². The third-order valence-electron chi connectivity index (χ3n) is 3.97. The fraction of sp³-hybridized carbons (Fsp3) is 0.294. The van der Waals surface area contributed by atoms with Crippen molar-refractivity contribution in [3.05, 3.63) is 57.8 Å². The molecule has 1 atom stereocenters. The average Bonchev–Trinajstić information content (AvgIpc) is 3.05. The number of amides is 1. The Kier molecular flexibility index (Phi) is 4.19. The number of aromatic carboxylic acids is 1. The second-order valence-corrected chi connectivity index (χ2v) is 6.72. The van der Waals surface area contributed by atoms with E-state index in [1.165, 1.54) is 6.07 Å². The minimum absolute atomic E-state index is 0.145. The molecule has 1 fully saturated rings. The number of ether oxygens (including phenoxy) is 1. The van der Waals surface area contributed by atoms with E-state index in [4.69, 9.17) is 9.84 Å². The number of thiophene rings is 1. The molecule has 1 N–H and O–H groups in total. The number of benzene rings is 1. The molecule has 5 nitrogen and oxygen atoms in total. The first-order chi connectivity index (χ1) is 11.0. The van der Waals surface area contributed by atoms with Gasteiger partial charge in [0, 0.05) is 6.54 Å². The molecule has 0 aliphatic carbocycles. The molecule has 120 valence electrons. The van der Waals surface area contributed by atoms with E-state index in [0.717, 1.165) is 16.9 Å². The Hall–Kier alpha value is -2.18. The van der Waals surface area contributed by atoms with Gasteiger partial charge in [-0.15, -0.1) is 11.3 Å². The molecule has 0 spiro atoms. The molecule has 1 amide bonds. The lowest BCUT2D eigenvalue weighted by atomic mass is 9.94. The molecular formula is C17H17NO4S. The van der Waals surface area contributed by atoms with E-state index in [1.54, 1.807) is 11.0 Å². The van der Waals surface area contributed by atoms with Gasteiger partial charge in [-0.25, -0.2) is 4.79 Å². The first-order valence-corrected chi connectivity index (χ1v) is 8.13. The van der Waals surface area contributed by atoms with Crippen molar-refractivity contribution < 1.29 is 19.4 Å². The van der Waals surface area contributed by atoms with E-state index < -0.39 is 11.6 Å². The molecule has 6 heteroatoms. The lowest BCUT2D eigenvalue weighted by Crippen LogP contribution is -2.50. The molecule has 0 radical (unpaired) electrons. The summed E-state index contributed by atoms with van der Waals surface area (Å²) in [4.78, 5) is 26.0. The smallest absolute Gasteiger partial charge is 0.345 e. The number of nitrogens with zero attached hydrogens (tertiary/aromatic N) is 1. The third kappa shape index (κ3) is 3.13. The van der Waals surface area contributed by atoms with Gasteiger partial charge in [0.2, 0.25) is 0 Å². The van der Waals surface area contributed by atoms with Crippen LogP contribution in [0.1, 0.15) is 31.8 Å². The van der Waals surface area contributed by atoms with Crippen LogP contribution in [0.2, 0.25) is 0 Å². The Balaban J connectivity index is 1.80. The van der Waals surface area contributed by atoms with Crippen molar-refractivity contribution in [2.75, 3.05) is 19.7 Å². The van der Waals surface area contributed by atoms with Crippen LogP contribution in [0.3, 0.4) is 0 Å². The highest BCUT2D eigenvalue weighted by Gasteiger charge is 2.36. The summed E-state index contributed by atoms with van der Waals surface area (Å²) in [6, 6.07) is 12.9. The Morgan fingerprint density at radius 1 is 1.17 bits per heavy atom. The summed E-state index contributed by atoms with van der Waals surface area (Å²) in [5.41, 5.74) is 0.470. The van der Waals surface area contributed by atoms with Crippen molar-refractivity contribution in [1.82, 2.24) is 4.90 Å². The quantitative estimate of drug-likeness (QED) is 0.939. The predicted octanol–water partition coefficient (Wildman–Crippen LogP) is 2.83. The third-order valence-corrected chi connectivity index (χ3v) is 5.03. The monoisotopic (exact) mass is 331 g/mol. The zero-order valence-electron chi connectivity index (χ0n) is 12.7. The largest absolute Gasteiger partial charge is 0.477 e. The van der Waals surface area contributed by atoms with Gasteiger partial charge in [0.1, 0.15) is 10.5 Å². The van der Waals surface area contributed by atoms with Gasteiger partial charge >= 0.3 is 5.97 Å². The number of morpholine rings is 1. The molecule has 2 aromatic rings. The molecule has 1 aromatic heterocycles. The molecule has 23 heavy (non-hydrogen) atoms. The summed E-state index contributed by atoms with van der Waals surface area (Å²) in [5, 5.41) is 8.99. The van der Waals surface area contributed by atoms with Crippen LogP contribution in [0.5, 0.6) is 0 Å². The van der Waals surface area contributed by atoms with Crippen LogP contribution in [0.4, 0.5) is 0 Å². The Bertz CT molecular complexity index is 727. The molecule has 0 unspecified atom stereocenters. The predicted molar refractivity (Wildman–Crippen MR) is 86.9 cm³/mol. The van der Waals surface area contributed by atoms with E-state index in [2.05, 4.69) is 0 Å². The highest BCUT2D eigenvalue weighted by molar-refractivity contribution is 7.15. The fourth-order valence-corrected chi connectivity index (χ4v) is 3.55. The van der Waals surface area contributed by atoms with Crippen molar-refractivity contribution in [3.63, 3.8) is 0 Å². The molecule has 1 aromatic carbocycles. The lowest BCUT2D eigenvalue weighted by Gasteiger charge is -2.40. The van der Waals surface area contributed by atoms with Gasteiger partial charge in [-0.05, 0) is 24.6 Å². The zero-order valence-corrected chi connectivity index (χ0v) is 13.5. The van der Waals surface area contributed by atoms with Gasteiger partial charge in [-0.1, -0.05) is 30.3 Å². The van der Waals surface area contributed by atoms with Crippen LogP contribution in [0.15, 0.2) is 42.5 Å². The Morgan fingerprint density at radius 2 is 1.87 bits per heavy atom. The maximum absolute atomic E-state index is 12.6. The van der Waals surface area contributed by atoms with Gasteiger partial charge in [-0.3, -0.25) is 4.79 Å². The van der Waals surface area contributed by atoms with Crippen LogP contribution < -0.4 is 0 Å². The van der Waals surface area contributed by atoms with E-state index >= 15 is 0 Å². The number of carbonyl (C=O) groups is 2. The molecule has 2 heterocycles. The first kappa shape index (κ1) is 15.7.